The van der Waals surface area contributed by atoms with Crippen molar-refractivity contribution >= 4 is 15.9 Å². The molecule has 2 heteroatoms. The van der Waals surface area contributed by atoms with E-state index in [0.717, 1.165) is 17.9 Å². The van der Waals surface area contributed by atoms with Crippen LogP contribution < -0.4 is 5.32 Å². The molecule has 104 valence electrons. The largest absolute Gasteiger partial charge is 0.307 e. The molecule has 0 radical (unpaired) electrons. The summed E-state index contributed by atoms with van der Waals surface area (Å²) in [6, 6.07) is 8.09. The molecule has 0 aromatic heterocycles. The summed E-state index contributed by atoms with van der Waals surface area (Å²) in [4.78, 5) is 0. The van der Waals surface area contributed by atoms with Crippen molar-refractivity contribution in [2.75, 3.05) is 0 Å². The maximum Gasteiger partial charge on any atom is 0.0328 e. The molecular formula is C17H24BrN. The lowest BCUT2D eigenvalue weighted by molar-refractivity contribution is 0.213. The standard InChI is InChI=1S/C17H24BrN/c1-11-3-7-16(12(2)9-11)19-17-8-4-13-10-14(18)5-6-15(13)17/h5-6,10-12,16-17,19H,3-4,7-9H2,1-2H3. The average molecular weight is 322 g/mol. The lowest BCUT2D eigenvalue weighted by atomic mass is 9.79. The maximum absolute atomic E-state index is 3.95. The van der Waals surface area contributed by atoms with E-state index in [1.807, 2.05) is 0 Å². The molecule has 1 nitrogen and oxygen atoms in total. The summed E-state index contributed by atoms with van der Waals surface area (Å²) >= 11 is 3.58. The van der Waals surface area contributed by atoms with Gasteiger partial charge in [-0.05, 0) is 67.2 Å². The number of hydrogen-bond acceptors (Lipinski definition) is 1. The van der Waals surface area contributed by atoms with Crippen LogP contribution in [0.3, 0.4) is 0 Å². The molecule has 1 saturated carbocycles. The van der Waals surface area contributed by atoms with Gasteiger partial charge in [0.2, 0.25) is 0 Å². The third-order valence-corrected chi connectivity index (χ3v) is 5.52. The Hall–Kier alpha value is -0.340. The molecule has 4 atom stereocenters. The van der Waals surface area contributed by atoms with E-state index in [0.29, 0.717) is 6.04 Å². The van der Waals surface area contributed by atoms with E-state index in [9.17, 15) is 0 Å². The summed E-state index contributed by atoms with van der Waals surface area (Å²) in [6.07, 6.45) is 6.62. The molecule has 0 spiro atoms. The monoisotopic (exact) mass is 321 g/mol. The molecule has 4 unspecified atom stereocenters. The molecule has 0 saturated heterocycles. The van der Waals surface area contributed by atoms with Crippen molar-refractivity contribution in [3.63, 3.8) is 0 Å². The Morgan fingerprint density at radius 1 is 1.16 bits per heavy atom. The van der Waals surface area contributed by atoms with E-state index < -0.39 is 0 Å². The number of benzene rings is 1. The van der Waals surface area contributed by atoms with Crippen molar-refractivity contribution in [3.05, 3.63) is 33.8 Å². The van der Waals surface area contributed by atoms with Crippen LogP contribution in [0.2, 0.25) is 0 Å². The second kappa shape index (κ2) is 5.57. The third-order valence-electron chi connectivity index (χ3n) is 5.03. The minimum atomic E-state index is 0.587. The molecule has 0 heterocycles. The second-order valence-corrected chi connectivity index (χ2v) is 7.52. The normalized spacial score (nSPS) is 34.3. The van der Waals surface area contributed by atoms with Crippen molar-refractivity contribution in [2.24, 2.45) is 11.8 Å². The molecule has 19 heavy (non-hydrogen) atoms. The number of fused-ring (bicyclic) bond motifs is 1. The summed E-state index contributed by atoms with van der Waals surface area (Å²) < 4.78 is 1.21. The van der Waals surface area contributed by atoms with Gasteiger partial charge >= 0.3 is 0 Å². The van der Waals surface area contributed by atoms with Crippen LogP contribution in [-0.4, -0.2) is 6.04 Å². The summed E-state index contributed by atoms with van der Waals surface area (Å²) in [7, 11) is 0. The fraction of sp³-hybridized carbons (Fsp3) is 0.647. The van der Waals surface area contributed by atoms with Gasteiger partial charge in [0.05, 0.1) is 0 Å². The number of hydrogen-bond donors (Lipinski definition) is 1. The van der Waals surface area contributed by atoms with E-state index in [4.69, 9.17) is 0 Å². The van der Waals surface area contributed by atoms with Crippen LogP contribution in [0.4, 0.5) is 0 Å². The molecule has 1 aromatic rings. The zero-order chi connectivity index (χ0) is 13.4. The van der Waals surface area contributed by atoms with Gasteiger partial charge in [0, 0.05) is 16.6 Å². The Morgan fingerprint density at radius 3 is 2.79 bits per heavy atom. The molecule has 3 rings (SSSR count). The van der Waals surface area contributed by atoms with Gasteiger partial charge in [-0.2, -0.15) is 0 Å². The van der Waals surface area contributed by atoms with Crippen LogP contribution in [0.1, 0.15) is 56.7 Å². The van der Waals surface area contributed by atoms with E-state index in [-0.39, 0.29) is 0 Å². The Kier molecular flexibility index (Phi) is 4.00. The van der Waals surface area contributed by atoms with Crippen LogP contribution in [-0.2, 0) is 6.42 Å². The Bertz CT molecular complexity index is 457. The first-order valence-corrected chi connectivity index (χ1v) is 8.47. The fourth-order valence-electron chi connectivity index (χ4n) is 3.93. The third kappa shape index (κ3) is 2.90. The second-order valence-electron chi connectivity index (χ2n) is 6.60. The van der Waals surface area contributed by atoms with Crippen LogP contribution >= 0.6 is 15.9 Å². The number of halogens is 1. The van der Waals surface area contributed by atoms with Crippen LogP contribution in [0.15, 0.2) is 22.7 Å². The smallest absolute Gasteiger partial charge is 0.0328 e. The molecular weight excluding hydrogens is 298 g/mol. The Morgan fingerprint density at radius 2 is 2.00 bits per heavy atom. The average Bonchev–Trinajstić information content (AvgIpc) is 2.75. The minimum absolute atomic E-state index is 0.587. The highest BCUT2D eigenvalue weighted by molar-refractivity contribution is 9.10. The summed E-state index contributed by atoms with van der Waals surface area (Å²) in [6.45, 7) is 4.82. The van der Waals surface area contributed by atoms with Crippen molar-refractivity contribution < 1.29 is 0 Å². The van der Waals surface area contributed by atoms with Gasteiger partial charge in [0.15, 0.2) is 0 Å². The van der Waals surface area contributed by atoms with Gasteiger partial charge < -0.3 is 5.32 Å². The van der Waals surface area contributed by atoms with Crippen LogP contribution in [0.25, 0.3) is 0 Å². The summed E-state index contributed by atoms with van der Waals surface area (Å²) in [5.74, 6) is 1.74. The van der Waals surface area contributed by atoms with Gasteiger partial charge in [0.25, 0.3) is 0 Å². The van der Waals surface area contributed by atoms with E-state index in [1.54, 1.807) is 0 Å². The molecule has 1 aromatic carbocycles. The first-order valence-electron chi connectivity index (χ1n) is 7.68. The molecule has 2 aliphatic carbocycles. The fourth-order valence-corrected chi connectivity index (χ4v) is 4.34. The highest BCUT2D eigenvalue weighted by Crippen LogP contribution is 2.36. The maximum atomic E-state index is 3.95. The molecule has 0 amide bonds. The number of aryl methyl sites for hydroxylation is 1. The summed E-state index contributed by atoms with van der Waals surface area (Å²) in [5.41, 5.74) is 3.07. The van der Waals surface area contributed by atoms with Gasteiger partial charge in [-0.15, -0.1) is 0 Å². The quantitative estimate of drug-likeness (QED) is 0.821. The Labute approximate surface area is 125 Å². The Balaban J connectivity index is 1.69. The first kappa shape index (κ1) is 13.6. The zero-order valence-corrected chi connectivity index (χ0v) is 13.5. The predicted octanol–water partition coefficient (Wildman–Crippen LogP) is 4.85. The highest BCUT2D eigenvalue weighted by atomic mass is 79.9. The molecule has 1 N–H and O–H groups in total. The topological polar surface area (TPSA) is 12.0 Å². The van der Waals surface area contributed by atoms with Gasteiger partial charge in [-0.25, -0.2) is 0 Å². The predicted molar refractivity (Wildman–Crippen MR) is 84.3 cm³/mol. The lowest BCUT2D eigenvalue weighted by Crippen LogP contribution is -2.40. The first-order chi connectivity index (χ1) is 9.13. The number of rotatable bonds is 2. The van der Waals surface area contributed by atoms with E-state index in [1.165, 1.54) is 47.7 Å². The van der Waals surface area contributed by atoms with Gasteiger partial charge in [0.1, 0.15) is 0 Å². The van der Waals surface area contributed by atoms with Crippen molar-refractivity contribution in [3.8, 4) is 0 Å². The SMILES string of the molecule is CC1CCC(NC2CCc3cc(Br)ccc32)C(C)C1. The van der Waals surface area contributed by atoms with E-state index in [2.05, 4.69) is 53.3 Å². The van der Waals surface area contributed by atoms with E-state index >= 15 is 0 Å². The van der Waals surface area contributed by atoms with Crippen molar-refractivity contribution in [1.29, 1.82) is 0 Å². The highest BCUT2D eigenvalue weighted by Gasteiger charge is 2.30. The van der Waals surface area contributed by atoms with Crippen LogP contribution in [0, 0.1) is 11.8 Å². The van der Waals surface area contributed by atoms with Crippen LogP contribution in [0.5, 0.6) is 0 Å². The minimum Gasteiger partial charge on any atom is -0.307 e. The van der Waals surface area contributed by atoms with Crippen molar-refractivity contribution in [1.82, 2.24) is 5.32 Å². The van der Waals surface area contributed by atoms with Gasteiger partial charge in [-0.3, -0.25) is 0 Å². The number of nitrogens with one attached hydrogen (secondary N) is 1. The van der Waals surface area contributed by atoms with Crippen molar-refractivity contribution in [2.45, 2.75) is 58.0 Å². The molecule has 1 fully saturated rings. The summed E-state index contributed by atoms with van der Waals surface area (Å²) in [5, 5.41) is 3.95. The van der Waals surface area contributed by atoms with Gasteiger partial charge in [-0.1, -0.05) is 35.8 Å². The molecule has 0 aliphatic heterocycles. The lowest BCUT2D eigenvalue weighted by Gasteiger charge is -2.35. The molecule has 0 bridgehead atoms. The molecule has 2 aliphatic rings. The zero-order valence-electron chi connectivity index (χ0n) is 12.0.